The lowest BCUT2D eigenvalue weighted by atomic mass is 9.86. The van der Waals surface area contributed by atoms with Crippen LogP contribution in [0.4, 0.5) is 4.79 Å². The van der Waals surface area contributed by atoms with Gasteiger partial charge in [0.25, 0.3) is 0 Å². The molecule has 1 fully saturated rings. The van der Waals surface area contributed by atoms with Crippen molar-refractivity contribution in [3.05, 3.63) is 64.4 Å². The quantitative estimate of drug-likeness (QED) is 0.679. The largest absolute Gasteiger partial charge is 0.480 e. The molecule has 1 aliphatic rings. The molecule has 1 saturated heterocycles. The zero-order valence-corrected chi connectivity index (χ0v) is 16.8. The van der Waals surface area contributed by atoms with Gasteiger partial charge in [-0.1, -0.05) is 36.4 Å². The Labute approximate surface area is 171 Å². The zero-order chi connectivity index (χ0) is 20.0. The number of hydrogen-bond donors (Lipinski definition) is 1. The van der Waals surface area contributed by atoms with Crippen LogP contribution in [0.3, 0.4) is 0 Å². The van der Waals surface area contributed by atoms with Crippen LogP contribution in [0.5, 0.6) is 0 Å². The Morgan fingerprint density at radius 1 is 1.21 bits per heavy atom. The SMILES string of the molecule is O=C(O)COC1(c2cccnc2Br)CCCN(C(=O)OCc2ccccc2)C1. The first kappa shape index (κ1) is 20.3. The molecule has 8 heteroatoms. The molecule has 1 aromatic carbocycles. The molecular formula is C20H21BrN2O5. The Morgan fingerprint density at radius 2 is 2.00 bits per heavy atom. The van der Waals surface area contributed by atoms with Gasteiger partial charge in [0.2, 0.25) is 0 Å². The molecule has 1 atom stereocenters. The van der Waals surface area contributed by atoms with E-state index in [0.29, 0.717) is 24.0 Å². The Balaban J connectivity index is 1.76. The number of nitrogens with zero attached hydrogens (tertiary/aromatic N) is 2. The van der Waals surface area contributed by atoms with Gasteiger partial charge in [-0.05, 0) is 40.4 Å². The highest BCUT2D eigenvalue weighted by Crippen LogP contribution is 2.38. The highest BCUT2D eigenvalue weighted by molar-refractivity contribution is 9.10. The van der Waals surface area contributed by atoms with Gasteiger partial charge < -0.3 is 19.5 Å². The van der Waals surface area contributed by atoms with E-state index >= 15 is 0 Å². The predicted molar refractivity (Wildman–Crippen MR) is 105 cm³/mol. The van der Waals surface area contributed by atoms with E-state index in [1.54, 1.807) is 17.2 Å². The number of benzene rings is 1. The lowest BCUT2D eigenvalue weighted by molar-refractivity contribution is -0.155. The van der Waals surface area contributed by atoms with Crippen LogP contribution in [0.2, 0.25) is 0 Å². The number of likely N-dealkylation sites (tertiary alicyclic amines) is 1. The second-order valence-electron chi connectivity index (χ2n) is 6.58. The number of aromatic nitrogens is 1. The summed E-state index contributed by atoms with van der Waals surface area (Å²) in [6, 6.07) is 13.0. The fraction of sp³-hybridized carbons (Fsp3) is 0.350. The van der Waals surface area contributed by atoms with E-state index in [9.17, 15) is 9.59 Å². The molecule has 1 amide bonds. The number of aliphatic carboxylic acids is 1. The first-order valence-electron chi connectivity index (χ1n) is 8.92. The Bertz CT molecular complexity index is 832. The van der Waals surface area contributed by atoms with Crippen LogP contribution >= 0.6 is 15.9 Å². The van der Waals surface area contributed by atoms with Gasteiger partial charge in [-0.3, -0.25) is 0 Å². The molecule has 1 aromatic heterocycles. The maximum Gasteiger partial charge on any atom is 0.410 e. The third kappa shape index (κ3) is 4.88. The van der Waals surface area contributed by atoms with Crippen LogP contribution in [0.15, 0.2) is 53.3 Å². The number of carboxylic acids is 1. The number of hydrogen-bond acceptors (Lipinski definition) is 5. The van der Waals surface area contributed by atoms with E-state index in [1.807, 2.05) is 36.4 Å². The maximum atomic E-state index is 12.6. The van der Waals surface area contributed by atoms with Gasteiger partial charge >= 0.3 is 12.1 Å². The minimum absolute atomic E-state index is 0.176. The molecule has 0 saturated carbocycles. The first-order valence-corrected chi connectivity index (χ1v) is 9.72. The van der Waals surface area contributed by atoms with E-state index in [2.05, 4.69) is 20.9 Å². The van der Waals surface area contributed by atoms with Crippen molar-refractivity contribution in [2.75, 3.05) is 19.7 Å². The molecule has 0 bridgehead atoms. The average Bonchev–Trinajstić information content (AvgIpc) is 2.72. The molecule has 1 N–H and O–H groups in total. The first-order chi connectivity index (χ1) is 13.5. The van der Waals surface area contributed by atoms with E-state index in [1.165, 1.54) is 0 Å². The van der Waals surface area contributed by atoms with Gasteiger partial charge in [0.15, 0.2) is 0 Å². The fourth-order valence-electron chi connectivity index (χ4n) is 3.33. The minimum Gasteiger partial charge on any atom is -0.480 e. The van der Waals surface area contributed by atoms with E-state index < -0.39 is 24.3 Å². The van der Waals surface area contributed by atoms with Gasteiger partial charge in [-0.25, -0.2) is 14.6 Å². The summed E-state index contributed by atoms with van der Waals surface area (Å²) in [6.45, 7) is 0.422. The zero-order valence-electron chi connectivity index (χ0n) is 15.2. The van der Waals surface area contributed by atoms with Gasteiger partial charge in [-0.2, -0.15) is 0 Å². The predicted octanol–water partition coefficient (Wildman–Crippen LogP) is 3.57. The van der Waals surface area contributed by atoms with Crippen LogP contribution in [0.1, 0.15) is 24.0 Å². The summed E-state index contributed by atoms with van der Waals surface area (Å²) in [4.78, 5) is 29.5. The topological polar surface area (TPSA) is 89.0 Å². The van der Waals surface area contributed by atoms with E-state index in [0.717, 1.165) is 11.1 Å². The standard InChI is InChI=1S/C20H21BrN2O5/c21-18-16(8-4-10-22-18)20(28-13-17(24)25)9-5-11-23(14-20)19(26)27-12-15-6-2-1-3-7-15/h1-4,6-8,10H,5,9,11-14H2,(H,24,25). The lowest BCUT2D eigenvalue weighted by Gasteiger charge is -2.42. The second-order valence-corrected chi connectivity index (χ2v) is 7.33. The molecule has 0 spiro atoms. The van der Waals surface area contributed by atoms with Gasteiger partial charge in [-0.15, -0.1) is 0 Å². The van der Waals surface area contributed by atoms with Crippen molar-refractivity contribution in [1.82, 2.24) is 9.88 Å². The molecule has 0 radical (unpaired) electrons. The molecule has 1 aliphatic heterocycles. The summed E-state index contributed by atoms with van der Waals surface area (Å²) >= 11 is 3.42. The van der Waals surface area contributed by atoms with Crippen molar-refractivity contribution < 1.29 is 24.2 Å². The summed E-state index contributed by atoms with van der Waals surface area (Å²) in [5.74, 6) is -1.07. The molecular weight excluding hydrogens is 428 g/mol. The number of carbonyl (C=O) groups is 2. The van der Waals surface area contributed by atoms with Crippen molar-refractivity contribution in [2.24, 2.45) is 0 Å². The van der Waals surface area contributed by atoms with Gasteiger partial charge in [0.1, 0.15) is 23.4 Å². The average molecular weight is 449 g/mol. The van der Waals surface area contributed by atoms with Crippen LogP contribution < -0.4 is 0 Å². The normalized spacial score (nSPS) is 19.2. The Kier molecular flexibility index (Phi) is 6.64. The number of carbonyl (C=O) groups excluding carboxylic acids is 1. The molecule has 2 aromatic rings. The van der Waals surface area contributed by atoms with Crippen LogP contribution in [-0.4, -0.2) is 46.7 Å². The van der Waals surface area contributed by atoms with Crippen LogP contribution in [0, 0.1) is 0 Å². The molecule has 1 unspecified atom stereocenters. The van der Waals surface area contributed by atoms with Crippen LogP contribution in [0.25, 0.3) is 0 Å². The van der Waals surface area contributed by atoms with Gasteiger partial charge in [0.05, 0.1) is 6.54 Å². The second kappa shape index (κ2) is 9.16. The third-order valence-corrected chi connectivity index (χ3v) is 5.27. The molecule has 0 aliphatic carbocycles. The number of piperidine rings is 1. The summed E-state index contributed by atoms with van der Waals surface area (Å²) in [5.41, 5.74) is 0.656. The highest BCUT2D eigenvalue weighted by atomic mass is 79.9. The summed E-state index contributed by atoms with van der Waals surface area (Å²) in [5, 5.41) is 9.10. The fourth-order valence-corrected chi connectivity index (χ4v) is 3.94. The summed E-state index contributed by atoms with van der Waals surface area (Å²) < 4.78 is 11.8. The molecule has 148 valence electrons. The van der Waals surface area contributed by atoms with Crippen LogP contribution in [-0.2, 0) is 26.5 Å². The van der Waals surface area contributed by atoms with Crippen molar-refractivity contribution in [3.63, 3.8) is 0 Å². The molecule has 3 rings (SSSR count). The van der Waals surface area contributed by atoms with Crippen molar-refractivity contribution in [1.29, 1.82) is 0 Å². The molecule has 7 nitrogen and oxygen atoms in total. The number of pyridine rings is 1. The van der Waals surface area contributed by atoms with Gasteiger partial charge in [0, 0.05) is 18.3 Å². The number of amides is 1. The van der Waals surface area contributed by atoms with Crippen molar-refractivity contribution >= 4 is 28.0 Å². The maximum absolute atomic E-state index is 12.6. The Morgan fingerprint density at radius 3 is 2.71 bits per heavy atom. The smallest absolute Gasteiger partial charge is 0.410 e. The van der Waals surface area contributed by atoms with Crippen molar-refractivity contribution in [2.45, 2.75) is 25.0 Å². The lowest BCUT2D eigenvalue weighted by Crippen LogP contribution is -2.50. The summed E-state index contributed by atoms with van der Waals surface area (Å²) in [6.07, 6.45) is 2.41. The minimum atomic E-state index is -1.07. The summed E-state index contributed by atoms with van der Waals surface area (Å²) in [7, 11) is 0. The van der Waals surface area contributed by atoms with E-state index in [4.69, 9.17) is 14.6 Å². The third-order valence-electron chi connectivity index (χ3n) is 4.64. The number of carboxylic acid groups (broad SMARTS) is 1. The molecule has 28 heavy (non-hydrogen) atoms. The number of rotatable bonds is 6. The number of ether oxygens (including phenoxy) is 2. The highest BCUT2D eigenvalue weighted by Gasteiger charge is 2.42. The van der Waals surface area contributed by atoms with Crippen molar-refractivity contribution in [3.8, 4) is 0 Å². The Hall–Kier alpha value is -2.45. The number of halogens is 1. The van der Waals surface area contributed by atoms with E-state index in [-0.39, 0.29) is 13.2 Å². The molecule has 2 heterocycles. The monoisotopic (exact) mass is 448 g/mol.